The Morgan fingerprint density at radius 1 is 1.15 bits per heavy atom. The van der Waals surface area contributed by atoms with E-state index in [9.17, 15) is 14.4 Å². The number of thiazole rings is 1. The van der Waals surface area contributed by atoms with Crippen LogP contribution in [0.4, 0.5) is 0 Å². The largest absolute Gasteiger partial charge is 0.497 e. The molecule has 0 bridgehead atoms. The molecular formula is C27H24Cl2N2O8S. The Morgan fingerprint density at radius 2 is 1.85 bits per heavy atom. The standard InChI is InChI=1S/C27H24Cl2N2O8S/c1-5-38-26(35)22-13(2)30-27-31(23(22)16-11-15(36-3)6-7-19(16)37-4)25(34)20(40-27)10-14-8-17(28)24(18(29)9-14)39-12-21(32)33/h6-11,23H,5,12H2,1-4H3,(H,32,33)/b20-10-. The van der Waals surface area contributed by atoms with E-state index in [0.717, 1.165) is 11.3 Å². The number of methoxy groups -OCH3 is 2. The van der Waals surface area contributed by atoms with Crippen molar-refractivity contribution >= 4 is 52.6 Å². The van der Waals surface area contributed by atoms with E-state index >= 15 is 0 Å². The van der Waals surface area contributed by atoms with E-state index in [4.69, 9.17) is 47.3 Å². The van der Waals surface area contributed by atoms with Crippen LogP contribution in [0, 0.1) is 0 Å². The maximum absolute atomic E-state index is 13.9. The number of benzene rings is 2. The number of carbonyl (C=O) groups excluding carboxylic acids is 1. The molecule has 1 aliphatic rings. The van der Waals surface area contributed by atoms with Gasteiger partial charge in [-0.05, 0) is 55.8 Å². The maximum atomic E-state index is 13.9. The lowest BCUT2D eigenvalue weighted by molar-refractivity contribution is -0.140. The van der Waals surface area contributed by atoms with E-state index in [-0.39, 0.29) is 32.5 Å². The predicted octanol–water partition coefficient (Wildman–Crippen LogP) is 3.59. The molecule has 4 rings (SSSR count). The summed E-state index contributed by atoms with van der Waals surface area (Å²) in [6, 6.07) is 7.20. The number of esters is 1. The summed E-state index contributed by atoms with van der Waals surface area (Å²) in [4.78, 5) is 42.8. The number of hydrogen-bond donors (Lipinski definition) is 1. The number of hydrogen-bond acceptors (Lipinski definition) is 9. The molecule has 0 fully saturated rings. The lowest BCUT2D eigenvalue weighted by atomic mass is 9.94. The number of carbonyl (C=O) groups is 2. The first kappa shape index (κ1) is 29.2. The van der Waals surface area contributed by atoms with Gasteiger partial charge in [0.15, 0.2) is 17.2 Å². The topological polar surface area (TPSA) is 126 Å². The zero-order valence-electron chi connectivity index (χ0n) is 21.8. The van der Waals surface area contributed by atoms with Crippen molar-refractivity contribution in [2.75, 3.05) is 27.4 Å². The van der Waals surface area contributed by atoms with Crippen molar-refractivity contribution in [1.29, 1.82) is 0 Å². The molecule has 1 unspecified atom stereocenters. The highest BCUT2D eigenvalue weighted by Crippen LogP contribution is 2.38. The lowest BCUT2D eigenvalue weighted by Crippen LogP contribution is -2.40. The van der Waals surface area contributed by atoms with Crippen LogP contribution in [0.3, 0.4) is 0 Å². The fourth-order valence-electron chi connectivity index (χ4n) is 4.22. The number of fused-ring (bicyclic) bond motifs is 1. The Hall–Kier alpha value is -3.80. The van der Waals surface area contributed by atoms with Gasteiger partial charge in [-0.1, -0.05) is 34.5 Å². The van der Waals surface area contributed by atoms with Gasteiger partial charge in [-0.3, -0.25) is 9.36 Å². The van der Waals surface area contributed by atoms with Gasteiger partial charge in [0.1, 0.15) is 17.5 Å². The molecule has 0 spiro atoms. The van der Waals surface area contributed by atoms with Crippen molar-refractivity contribution in [1.82, 2.24) is 4.57 Å². The maximum Gasteiger partial charge on any atom is 0.341 e. The van der Waals surface area contributed by atoms with Crippen LogP contribution in [0.15, 0.2) is 51.4 Å². The Labute approximate surface area is 242 Å². The molecule has 0 aliphatic carbocycles. The van der Waals surface area contributed by atoms with E-state index < -0.39 is 30.1 Å². The summed E-state index contributed by atoms with van der Waals surface area (Å²) < 4.78 is 23.2. The first-order valence-corrected chi connectivity index (χ1v) is 13.4. The van der Waals surface area contributed by atoms with Crippen LogP contribution in [-0.4, -0.2) is 49.0 Å². The lowest BCUT2D eigenvalue weighted by Gasteiger charge is -2.26. The number of allylic oxidation sites excluding steroid dienone is 1. The van der Waals surface area contributed by atoms with Crippen LogP contribution in [0.5, 0.6) is 17.2 Å². The van der Waals surface area contributed by atoms with Crippen molar-refractivity contribution < 1.29 is 33.6 Å². The summed E-state index contributed by atoms with van der Waals surface area (Å²) >= 11 is 13.7. The Morgan fingerprint density at radius 3 is 2.45 bits per heavy atom. The molecule has 0 radical (unpaired) electrons. The molecule has 2 heterocycles. The van der Waals surface area contributed by atoms with Gasteiger partial charge in [0.05, 0.1) is 46.7 Å². The van der Waals surface area contributed by atoms with Crippen molar-refractivity contribution in [3.8, 4) is 17.2 Å². The molecule has 1 N–H and O–H groups in total. The molecule has 0 amide bonds. The second-order valence-electron chi connectivity index (χ2n) is 8.41. The zero-order chi connectivity index (χ0) is 29.1. The number of aromatic nitrogens is 1. The smallest absolute Gasteiger partial charge is 0.341 e. The van der Waals surface area contributed by atoms with Gasteiger partial charge in [0.2, 0.25) is 0 Å². The summed E-state index contributed by atoms with van der Waals surface area (Å²) in [6.45, 7) is 2.89. The fraction of sp³-hybridized carbons (Fsp3) is 0.259. The number of nitrogens with zero attached hydrogens (tertiary/aromatic N) is 2. The monoisotopic (exact) mass is 606 g/mol. The summed E-state index contributed by atoms with van der Waals surface area (Å²) in [6.07, 6.45) is 1.58. The third-order valence-corrected chi connectivity index (χ3v) is 7.45. The Balaban J connectivity index is 1.93. The highest BCUT2D eigenvalue weighted by molar-refractivity contribution is 7.07. The predicted molar refractivity (Wildman–Crippen MR) is 150 cm³/mol. The molecular weight excluding hydrogens is 583 g/mol. The van der Waals surface area contributed by atoms with E-state index in [2.05, 4.69) is 4.99 Å². The summed E-state index contributed by atoms with van der Waals surface area (Å²) in [7, 11) is 3.01. The average Bonchev–Trinajstić information content (AvgIpc) is 3.20. The molecule has 0 saturated heterocycles. The Bertz CT molecular complexity index is 1690. The second kappa shape index (κ2) is 12.2. The molecule has 210 valence electrons. The number of carboxylic acid groups (broad SMARTS) is 1. The quantitative estimate of drug-likeness (QED) is 0.366. The van der Waals surface area contributed by atoms with Crippen molar-refractivity contribution in [2.45, 2.75) is 19.9 Å². The van der Waals surface area contributed by atoms with Crippen LogP contribution in [-0.2, 0) is 14.3 Å². The van der Waals surface area contributed by atoms with Crippen molar-refractivity contribution in [3.05, 3.63) is 82.5 Å². The SMILES string of the molecule is CCOC(=O)C1=C(C)N=c2s/c(=C\c3cc(Cl)c(OCC(=O)O)c(Cl)c3)c(=O)n2C1c1cc(OC)ccc1OC. The minimum absolute atomic E-state index is 0.0177. The van der Waals surface area contributed by atoms with Crippen molar-refractivity contribution in [3.63, 3.8) is 0 Å². The van der Waals surface area contributed by atoms with Crippen LogP contribution in [0.2, 0.25) is 10.0 Å². The molecule has 0 saturated carbocycles. The summed E-state index contributed by atoms with van der Waals surface area (Å²) in [5.41, 5.74) is 1.15. The normalized spacial score (nSPS) is 14.8. The highest BCUT2D eigenvalue weighted by Gasteiger charge is 2.35. The minimum Gasteiger partial charge on any atom is -0.497 e. The molecule has 2 aromatic carbocycles. The van der Waals surface area contributed by atoms with Gasteiger partial charge in [-0.25, -0.2) is 14.6 Å². The zero-order valence-corrected chi connectivity index (χ0v) is 24.1. The molecule has 1 aromatic heterocycles. The first-order chi connectivity index (χ1) is 19.1. The van der Waals surface area contributed by atoms with Crippen molar-refractivity contribution in [2.24, 2.45) is 4.99 Å². The van der Waals surface area contributed by atoms with E-state index in [1.807, 2.05) is 0 Å². The summed E-state index contributed by atoms with van der Waals surface area (Å²) in [5.74, 6) is -0.831. The molecule has 1 aliphatic heterocycles. The van der Waals surface area contributed by atoms with Gasteiger partial charge in [-0.15, -0.1) is 0 Å². The van der Waals surface area contributed by atoms with Crippen LogP contribution >= 0.6 is 34.5 Å². The molecule has 40 heavy (non-hydrogen) atoms. The molecule has 3 aromatic rings. The van der Waals surface area contributed by atoms with Gasteiger partial charge in [0, 0.05) is 5.56 Å². The van der Waals surface area contributed by atoms with E-state index in [1.54, 1.807) is 38.1 Å². The third kappa shape index (κ3) is 5.72. The number of halogens is 2. The van der Waals surface area contributed by atoms with Gasteiger partial charge >= 0.3 is 11.9 Å². The average molecular weight is 607 g/mol. The first-order valence-electron chi connectivity index (χ1n) is 11.8. The van der Waals surface area contributed by atoms with Crippen LogP contribution in [0.1, 0.15) is 31.0 Å². The van der Waals surface area contributed by atoms with Gasteiger partial charge < -0.3 is 24.1 Å². The number of aliphatic carboxylic acids is 1. The Kier molecular flexibility index (Phi) is 8.87. The molecule has 13 heteroatoms. The second-order valence-corrected chi connectivity index (χ2v) is 10.2. The number of carboxylic acids is 1. The number of ether oxygens (including phenoxy) is 4. The van der Waals surface area contributed by atoms with E-state index in [0.29, 0.717) is 33.1 Å². The number of rotatable bonds is 9. The minimum atomic E-state index is -1.18. The highest BCUT2D eigenvalue weighted by atomic mass is 35.5. The van der Waals surface area contributed by atoms with Gasteiger partial charge in [-0.2, -0.15) is 0 Å². The third-order valence-electron chi connectivity index (χ3n) is 5.91. The molecule has 1 atom stereocenters. The fourth-order valence-corrected chi connectivity index (χ4v) is 5.88. The van der Waals surface area contributed by atoms with Gasteiger partial charge in [0.25, 0.3) is 5.56 Å². The van der Waals surface area contributed by atoms with E-state index in [1.165, 1.54) is 30.9 Å². The summed E-state index contributed by atoms with van der Waals surface area (Å²) in [5, 5.41) is 9.03. The van der Waals surface area contributed by atoms with Crippen LogP contribution in [0.25, 0.3) is 6.08 Å². The molecule has 10 nitrogen and oxygen atoms in total. The van der Waals surface area contributed by atoms with Crippen LogP contribution < -0.4 is 29.1 Å².